The van der Waals surface area contributed by atoms with E-state index in [1.807, 2.05) is 24.3 Å². The summed E-state index contributed by atoms with van der Waals surface area (Å²) in [7, 11) is 0. The van der Waals surface area contributed by atoms with Crippen molar-refractivity contribution in [2.75, 3.05) is 0 Å². The van der Waals surface area contributed by atoms with Gasteiger partial charge >= 0.3 is 11.9 Å². The molecule has 1 atom stereocenters. The van der Waals surface area contributed by atoms with Crippen LogP contribution in [-0.2, 0) is 16.0 Å². The molecule has 114 valence electrons. The summed E-state index contributed by atoms with van der Waals surface area (Å²) in [6, 6.07) is 6.98. The van der Waals surface area contributed by atoms with Gasteiger partial charge in [-0.1, -0.05) is 24.3 Å². The van der Waals surface area contributed by atoms with Crippen molar-refractivity contribution in [3.05, 3.63) is 35.4 Å². The molecule has 1 aromatic rings. The molecule has 0 amide bonds. The monoisotopic (exact) mass is 291 g/mol. The van der Waals surface area contributed by atoms with E-state index in [0.717, 1.165) is 31.2 Å². The smallest absolute Gasteiger partial charge is 0.320 e. The summed E-state index contributed by atoms with van der Waals surface area (Å²) < 4.78 is 0. The zero-order chi connectivity index (χ0) is 15.4. The van der Waals surface area contributed by atoms with Gasteiger partial charge in [-0.25, -0.2) is 0 Å². The van der Waals surface area contributed by atoms with E-state index in [-0.39, 0.29) is 5.92 Å². The maximum atomic E-state index is 10.9. The molecule has 1 aliphatic rings. The Balaban J connectivity index is 1.94. The lowest BCUT2D eigenvalue weighted by Crippen LogP contribution is -2.32. The second kappa shape index (κ2) is 6.72. The maximum absolute atomic E-state index is 10.9. The van der Waals surface area contributed by atoms with E-state index in [2.05, 4.69) is 0 Å². The van der Waals surface area contributed by atoms with E-state index >= 15 is 0 Å². The molecular weight excluding hydrogens is 270 g/mol. The molecule has 2 rings (SSSR count). The minimum absolute atomic E-state index is 0.200. The van der Waals surface area contributed by atoms with Gasteiger partial charge in [0, 0.05) is 0 Å². The van der Waals surface area contributed by atoms with Crippen LogP contribution in [0.25, 0.3) is 0 Å². The third kappa shape index (κ3) is 4.04. The van der Waals surface area contributed by atoms with Crippen LogP contribution in [0.2, 0.25) is 0 Å². The first-order valence-corrected chi connectivity index (χ1v) is 7.27. The molecule has 5 nitrogen and oxygen atoms in total. The van der Waals surface area contributed by atoms with E-state index in [1.54, 1.807) is 0 Å². The van der Waals surface area contributed by atoms with Crippen molar-refractivity contribution in [3.8, 4) is 0 Å². The van der Waals surface area contributed by atoms with Crippen molar-refractivity contribution >= 4 is 11.9 Å². The van der Waals surface area contributed by atoms with Gasteiger partial charge in [0.15, 0.2) is 0 Å². The molecule has 1 saturated carbocycles. The second-order valence-corrected chi connectivity index (χ2v) is 5.78. The van der Waals surface area contributed by atoms with E-state index in [4.69, 9.17) is 15.9 Å². The van der Waals surface area contributed by atoms with Crippen molar-refractivity contribution in [1.29, 1.82) is 0 Å². The van der Waals surface area contributed by atoms with E-state index in [1.165, 1.54) is 5.56 Å². The Bertz CT molecular complexity index is 504. The average molecular weight is 291 g/mol. The summed E-state index contributed by atoms with van der Waals surface area (Å²) in [6.45, 7) is 0. The number of carboxylic acids is 2. The van der Waals surface area contributed by atoms with Gasteiger partial charge in [0.2, 0.25) is 0 Å². The highest BCUT2D eigenvalue weighted by Gasteiger charge is 2.26. The number of carboxylic acid groups (broad SMARTS) is 2. The number of rotatable bonds is 5. The summed E-state index contributed by atoms with van der Waals surface area (Å²) in [5.74, 6) is -1.48. The van der Waals surface area contributed by atoms with E-state index in [0.29, 0.717) is 12.3 Å². The maximum Gasteiger partial charge on any atom is 0.320 e. The van der Waals surface area contributed by atoms with Crippen molar-refractivity contribution < 1.29 is 19.8 Å². The van der Waals surface area contributed by atoms with Gasteiger partial charge in [-0.2, -0.15) is 0 Å². The third-order valence-electron chi connectivity index (χ3n) is 4.30. The molecule has 5 heteroatoms. The molecule has 0 aliphatic heterocycles. The lowest BCUT2D eigenvalue weighted by atomic mass is 9.78. The van der Waals surface area contributed by atoms with Crippen molar-refractivity contribution in [2.45, 2.75) is 44.1 Å². The molecule has 1 aromatic carbocycles. The van der Waals surface area contributed by atoms with Crippen LogP contribution < -0.4 is 5.73 Å². The SMILES string of the molecule is NC(Cc1ccc(C2CCC(C(=O)O)CC2)cc1)C(=O)O. The molecule has 1 fully saturated rings. The van der Waals surface area contributed by atoms with Crippen LogP contribution in [0.4, 0.5) is 0 Å². The highest BCUT2D eigenvalue weighted by Crippen LogP contribution is 2.35. The molecule has 0 saturated heterocycles. The quantitative estimate of drug-likeness (QED) is 0.770. The third-order valence-corrected chi connectivity index (χ3v) is 4.30. The minimum Gasteiger partial charge on any atom is -0.481 e. The normalized spacial score (nSPS) is 23.5. The Morgan fingerprint density at radius 3 is 2.14 bits per heavy atom. The number of hydrogen-bond donors (Lipinski definition) is 3. The van der Waals surface area contributed by atoms with Crippen LogP contribution in [0, 0.1) is 5.92 Å². The predicted octanol–water partition coefficient (Wildman–Crippen LogP) is 2.00. The van der Waals surface area contributed by atoms with Crippen LogP contribution >= 0.6 is 0 Å². The van der Waals surface area contributed by atoms with Crippen LogP contribution in [0.15, 0.2) is 24.3 Å². The Kier molecular flexibility index (Phi) is 4.96. The standard InChI is InChI=1S/C16H21NO4/c17-14(16(20)21)9-10-1-3-11(4-2-10)12-5-7-13(8-6-12)15(18)19/h1-4,12-14H,5-9,17H2,(H,18,19)(H,20,21). The van der Waals surface area contributed by atoms with Crippen molar-refractivity contribution in [1.82, 2.24) is 0 Å². The Morgan fingerprint density at radius 1 is 1.10 bits per heavy atom. The molecule has 0 aromatic heterocycles. The lowest BCUT2D eigenvalue weighted by Gasteiger charge is -2.26. The predicted molar refractivity (Wildman–Crippen MR) is 78.1 cm³/mol. The lowest BCUT2D eigenvalue weighted by molar-refractivity contribution is -0.143. The average Bonchev–Trinajstić information content (AvgIpc) is 2.48. The fraction of sp³-hybridized carbons (Fsp3) is 0.500. The topological polar surface area (TPSA) is 101 Å². The first-order valence-electron chi connectivity index (χ1n) is 7.27. The molecule has 21 heavy (non-hydrogen) atoms. The van der Waals surface area contributed by atoms with Crippen molar-refractivity contribution in [2.24, 2.45) is 11.7 Å². The van der Waals surface area contributed by atoms with Gasteiger partial charge in [0.05, 0.1) is 5.92 Å². The number of hydrogen-bond acceptors (Lipinski definition) is 3. The molecule has 0 bridgehead atoms. The number of aliphatic carboxylic acids is 2. The largest absolute Gasteiger partial charge is 0.481 e. The van der Waals surface area contributed by atoms with Gasteiger partial charge < -0.3 is 15.9 Å². The fourth-order valence-corrected chi connectivity index (χ4v) is 2.94. The van der Waals surface area contributed by atoms with Crippen LogP contribution in [0.5, 0.6) is 0 Å². The molecule has 1 aliphatic carbocycles. The van der Waals surface area contributed by atoms with Gasteiger partial charge in [-0.15, -0.1) is 0 Å². The van der Waals surface area contributed by atoms with Gasteiger partial charge in [0.1, 0.15) is 6.04 Å². The van der Waals surface area contributed by atoms with Crippen LogP contribution in [0.1, 0.15) is 42.7 Å². The van der Waals surface area contributed by atoms with Gasteiger partial charge in [-0.3, -0.25) is 9.59 Å². The summed E-state index contributed by atoms with van der Waals surface area (Å²) in [5.41, 5.74) is 7.63. The Hall–Kier alpha value is -1.88. The Morgan fingerprint density at radius 2 is 1.67 bits per heavy atom. The van der Waals surface area contributed by atoms with Crippen molar-refractivity contribution in [3.63, 3.8) is 0 Å². The number of carbonyl (C=O) groups is 2. The minimum atomic E-state index is -0.994. The summed E-state index contributed by atoms with van der Waals surface area (Å²) >= 11 is 0. The molecule has 0 radical (unpaired) electrons. The fourth-order valence-electron chi connectivity index (χ4n) is 2.94. The molecule has 4 N–H and O–H groups in total. The van der Waals surface area contributed by atoms with E-state index in [9.17, 15) is 9.59 Å². The first-order chi connectivity index (χ1) is 9.97. The Labute approximate surface area is 123 Å². The zero-order valence-corrected chi connectivity index (χ0v) is 11.9. The molecular formula is C16H21NO4. The summed E-state index contributed by atoms with van der Waals surface area (Å²) in [6.07, 6.45) is 3.56. The zero-order valence-electron chi connectivity index (χ0n) is 11.9. The summed E-state index contributed by atoms with van der Waals surface area (Å²) in [4.78, 5) is 21.7. The summed E-state index contributed by atoms with van der Waals surface area (Å²) in [5, 5.41) is 17.8. The van der Waals surface area contributed by atoms with E-state index < -0.39 is 18.0 Å². The number of benzene rings is 1. The first kappa shape index (κ1) is 15.5. The van der Waals surface area contributed by atoms with Crippen LogP contribution in [-0.4, -0.2) is 28.2 Å². The van der Waals surface area contributed by atoms with Crippen LogP contribution in [0.3, 0.4) is 0 Å². The molecule has 1 unspecified atom stereocenters. The highest BCUT2D eigenvalue weighted by molar-refractivity contribution is 5.73. The van der Waals surface area contributed by atoms with Gasteiger partial charge in [-0.05, 0) is 49.1 Å². The second-order valence-electron chi connectivity index (χ2n) is 5.78. The molecule has 0 spiro atoms. The number of nitrogens with two attached hydrogens (primary N) is 1. The molecule has 0 heterocycles. The highest BCUT2D eigenvalue weighted by atomic mass is 16.4. The van der Waals surface area contributed by atoms with Gasteiger partial charge in [0.25, 0.3) is 0 Å².